The van der Waals surface area contributed by atoms with Crippen LogP contribution >= 0.6 is 0 Å². The fourth-order valence-electron chi connectivity index (χ4n) is 5.79. The van der Waals surface area contributed by atoms with Gasteiger partial charge >= 0.3 is 0 Å². The van der Waals surface area contributed by atoms with Gasteiger partial charge in [0.15, 0.2) is 5.78 Å². The first-order valence-electron chi connectivity index (χ1n) is 15.3. The van der Waals surface area contributed by atoms with Crippen LogP contribution in [0.25, 0.3) is 0 Å². The van der Waals surface area contributed by atoms with Crippen molar-refractivity contribution >= 4 is 5.78 Å². The lowest BCUT2D eigenvalue weighted by atomic mass is 9.83. The fourth-order valence-corrected chi connectivity index (χ4v) is 5.79. The van der Waals surface area contributed by atoms with Gasteiger partial charge in [-0.2, -0.15) is 0 Å². The summed E-state index contributed by atoms with van der Waals surface area (Å²) in [5.74, 6) is 4.58. The number of hydrogen-bond donors (Lipinski definition) is 0. The van der Waals surface area contributed by atoms with Gasteiger partial charge in [0.25, 0.3) is 0 Å². The zero-order valence-electron chi connectivity index (χ0n) is 26.0. The highest BCUT2D eigenvalue weighted by atomic mass is 16.5. The standard InChI is InChI=1S/C34H58O3/c1-23(2)14-11-15-25(5)16-12-17-26(6)18-13-20-34(10)21-19-30-29(9)32(36-22-31(35)24(3)4)27(7)28(8)33(30)37-34/h23-26H,11-22H2,1-10H3/t25-,26-,34-/m1/s1. The molecule has 0 amide bonds. The predicted octanol–water partition coefficient (Wildman–Crippen LogP) is 9.74. The highest BCUT2D eigenvalue weighted by Gasteiger charge is 2.34. The molecule has 1 aliphatic heterocycles. The Kier molecular flexibility index (Phi) is 12.5. The second-order valence-electron chi connectivity index (χ2n) is 13.3. The van der Waals surface area contributed by atoms with Gasteiger partial charge in [-0.1, -0.05) is 86.5 Å². The smallest absolute Gasteiger partial charge is 0.172 e. The summed E-state index contributed by atoms with van der Waals surface area (Å²) < 4.78 is 12.8. The lowest BCUT2D eigenvalue weighted by molar-refractivity contribution is -0.123. The van der Waals surface area contributed by atoms with E-state index in [4.69, 9.17) is 9.47 Å². The normalized spacial score (nSPS) is 19.0. The molecule has 0 fully saturated rings. The number of hydrogen-bond acceptors (Lipinski definition) is 3. The van der Waals surface area contributed by atoms with Crippen molar-refractivity contribution in [3.05, 3.63) is 22.3 Å². The van der Waals surface area contributed by atoms with Crippen LogP contribution < -0.4 is 9.47 Å². The van der Waals surface area contributed by atoms with E-state index < -0.39 is 0 Å². The molecule has 2 rings (SSSR count). The van der Waals surface area contributed by atoms with Gasteiger partial charge < -0.3 is 9.47 Å². The summed E-state index contributed by atoms with van der Waals surface area (Å²) >= 11 is 0. The van der Waals surface area contributed by atoms with E-state index in [2.05, 4.69) is 55.4 Å². The van der Waals surface area contributed by atoms with Crippen molar-refractivity contribution < 1.29 is 14.3 Å². The van der Waals surface area contributed by atoms with Gasteiger partial charge in [0.2, 0.25) is 0 Å². The maximum absolute atomic E-state index is 12.1. The highest BCUT2D eigenvalue weighted by molar-refractivity contribution is 5.81. The predicted molar refractivity (Wildman–Crippen MR) is 158 cm³/mol. The topological polar surface area (TPSA) is 35.5 Å². The molecule has 0 saturated heterocycles. The molecule has 3 atom stereocenters. The molecule has 1 heterocycles. The van der Waals surface area contributed by atoms with Gasteiger partial charge in [0, 0.05) is 11.5 Å². The average molecular weight is 515 g/mol. The first kappa shape index (κ1) is 31.7. The number of ether oxygens (including phenoxy) is 2. The van der Waals surface area contributed by atoms with Gasteiger partial charge in [-0.25, -0.2) is 0 Å². The molecule has 212 valence electrons. The number of rotatable bonds is 16. The molecule has 1 aromatic rings. The molecule has 0 N–H and O–H groups in total. The summed E-state index contributed by atoms with van der Waals surface area (Å²) in [4.78, 5) is 12.1. The quantitative estimate of drug-likeness (QED) is 0.220. The fraction of sp³-hybridized carbons (Fsp3) is 0.794. The maximum atomic E-state index is 12.1. The third kappa shape index (κ3) is 9.63. The van der Waals surface area contributed by atoms with E-state index in [0.29, 0.717) is 0 Å². The van der Waals surface area contributed by atoms with Crippen LogP contribution in [0.3, 0.4) is 0 Å². The zero-order valence-corrected chi connectivity index (χ0v) is 26.0. The van der Waals surface area contributed by atoms with E-state index in [-0.39, 0.29) is 23.9 Å². The molecular weight excluding hydrogens is 456 g/mol. The second kappa shape index (κ2) is 14.6. The van der Waals surface area contributed by atoms with Crippen LogP contribution in [0.2, 0.25) is 0 Å². The largest absolute Gasteiger partial charge is 0.487 e. The van der Waals surface area contributed by atoms with Crippen LogP contribution in [0, 0.1) is 44.4 Å². The molecule has 1 aliphatic rings. The van der Waals surface area contributed by atoms with Crippen LogP contribution in [0.4, 0.5) is 0 Å². The Hall–Kier alpha value is -1.51. The molecule has 0 saturated carbocycles. The van der Waals surface area contributed by atoms with Gasteiger partial charge in [-0.15, -0.1) is 0 Å². The molecule has 3 nitrogen and oxygen atoms in total. The van der Waals surface area contributed by atoms with E-state index in [9.17, 15) is 4.79 Å². The Morgan fingerprint density at radius 1 is 0.838 bits per heavy atom. The lowest BCUT2D eigenvalue weighted by Gasteiger charge is -2.38. The average Bonchev–Trinajstić information content (AvgIpc) is 2.82. The summed E-state index contributed by atoms with van der Waals surface area (Å²) in [6.07, 6.45) is 14.0. The minimum atomic E-state index is -0.0999. The monoisotopic (exact) mass is 514 g/mol. The van der Waals surface area contributed by atoms with Crippen LogP contribution in [0.1, 0.15) is 135 Å². The molecule has 3 heteroatoms. The first-order chi connectivity index (χ1) is 17.3. The minimum Gasteiger partial charge on any atom is -0.487 e. The third-order valence-electron chi connectivity index (χ3n) is 8.84. The summed E-state index contributed by atoms with van der Waals surface area (Å²) in [6.45, 7) is 22.2. The molecule has 0 spiro atoms. The summed E-state index contributed by atoms with van der Waals surface area (Å²) in [5.41, 5.74) is 4.57. The van der Waals surface area contributed by atoms with Crippen molar-refractivity contribution in [2.45, 2.75) is 145 Å². The number of carbonyl (C=O) groups is 1. The molecule has 0 bridgehead atoms. The Labute approximate surface area is 229 Å². The van der Waals surface area contributed by atoms with Gasteiger partial charge in [0.1, 0.15) is 23.7 Å². The van der Waals surface area contributed by atoms with E-state index in [1.54, 1.807) is 0 Å². The number of fused-ring (bicyclic) bond motifs is 1. The second-order valence-corrected chi connectivity index (χ2v) is 13.3. The van der Waals surface area contributed by atoms with Gasteiger partial charge in [-0.3, -0.25) is 4.79 Å². The molecule has 1 aromatic carbocycles. The summed E-state index contributed by atoms with van der Waals surface area (Å²) in [5, 5.41) is 0. The van der Waals surface area contributed by atoms with Crippen molar-refractivity contribution in [1.82, 2.24) is 0 Å². The Morgan fingerprint density at radius 2 is 1.41 bits per heavy atom. The molecule has 0 aromatic heterocycles. The third-order valence-corrected chi connectivity index (χ3v) is 8.84. The summed E-state index contributed by atoms with van der Waals surface area (Å²) in [7, 11) is 0. The van der Waals surface area contributed by atoms with E-state index in [1.165, 1.54) is 56.9 Å². The van der Waals surface area contributed by atoms with Crippen LogP contribution in [0.5, 0.6) is 11.5 Å². The van der Waals surface area contributed by atoms with Crippen molar-refractivity contribution in [2.24, 2.45) is 23.7 Å². The van der Waals surface area contributed by atoms with Crippen molar-refractivity contribution in [3.8, 4) is 11.5 Å². The Morgan fingerprint density at radius 3 is 1.97 bits per heavy atom. The van der Waals surface area contributed by atoms with Crippen LogP contribution in [0.15, 0.2) is 0 Å². The Balaban J connectivity index is 1.85. The minimum absolute atomic E-state index is 0.00535. The number of benzene rings is 1. The Bertz CT molecular complexity index is 869. The molecular formula is C34H58O3. The first-order valence-corrected chi connectivity index (χ1v) is 15.3. The van der Waals surface area contributed by atoms with Gasteiger partial charge in [0.05, 0.1) is 0 Å². The number of Topliss-reactive ketones (excluding diaryl/α,β-unsaturated/α-hetero) is 1. The van der Waals surface area contributed by atoms with E-state index >= 15 is 0 Å². The number of carbonyl (C=O) groups excluding carboxylic acids is 1. The molecule has 0 radical (unpaired) electrons. The van der Waals surface area contributed by atoms with E-state index in [1.807, 2.05) is 13.8 Å². The maximum Gasteiger partial charge on any atom is 0.172 e. The zero-order chi connectivity index (χ0) is 27.8. The lowest BCUT2D eigenvalue weighted by Crippen LogP contribution is -2.37. The van der Waals surface area contributed by atoms with Crippen molar-refractivity contribution in [2.75, 3.05) is 6.61 Å². The number of ketones is 1. The van der Waals surface area contributed by atoms with E-state index in [0.717, 1.165) is 65.2 Å². The highest BCUT2D eigenvalue weighted by Crippen LogP contribution is 2.45. The SMILES string of the molecule is Cc1c(C)c2c(c(C)c1OCC(=O)C(C)C)CC[C@@](C)(CCC[C@H](C)CCC[C@H](C)CCCC(C)C)O2. The summed E-state index contributed by atoms with van der Waals surface area (Å²) in [6, 6.07) is 0. The van der Waals surface area contributed by atoms with Gasteiger partial charge in [-0.05, 0) is 87.8 Å². The molecule has 37 heavy (non-hydrogen) atoms. The van der Waals surface area contributed by atoms with Crippen LogP contribution in [-0.2, 0) is 11.2 Å². The molecule has 0 unspecified atom stereocenters. The molecule has 0 aliphatic carbocycles. The van der Waals surface area contributed by atoms with Crippen molar-refractivity contribution in [3.63, 3.8) is 0 Å². The van der Waals surface area contributed by atoms with Crippen LogP contribution in [-0.4, -0.2) is 18.0 Å². The van der Waals surface area contributed by atoms with Crippen molar-refractivity contribution in [1.29, 1.82) is 0 Å².